The molecule has 3 atom stereocenters. The first-order valence-corrected chi connectivity index (χ1v) is 12.2. The van der Waals surface area contributed by atoms with Crippen molar-refractivity contribution in [2.24, 2.45) is 5.73 Å². The molecule has 1 aliphatic rings. The van der Waals surface area contributed by atoms with E-state index in [1.807, 2.05) is 42.5 Å². The van der Waals surface area contributed by atoms with E-state index in [0.29, 0.717) is 16.2 Å². The smallest absolute Gasteiger partial charge is 0.227 e. The molecule has 0 radical (unpaired) electrons. The minimum atomic E-state index is -1.71. The second-order valence-electron chi connectivity index (χ2n) is 7.85. The number of aromatic hydroxyl groups is 1. The van der Waals surface area contributed by atoms with Crippen LogP contribution in [0.25, 0.3) is 0 Å². The molecule has 1 aromatic heterocycles. The van der Waals surface area contributed by atoms with Crippen LogP contribution >= 0.6 is 27.7 Å². The number of pyridine rings is 1. The Morgan fingerprint density at radius 3 is 2.46 bits per heavy atom. The van der Waals surface area contributed by atoms with Crippen molar-refractivity contribution in [2.45, 2.75) is 17.7 Å². The lowest BCUT2D eigenvalue weighted by molar-refractivity contribution is -0.744. The van der Waals surface area contributed by atoms with E-state index in [9.17, 15) is 20.3 Å². The molecule has 0 saturated heterocycles. The number of benzene rings is 2. The largest absolute Gasteiger partial charge is 1.00 e. The summed E-state index contributed by atoms with van der Waals surface area (Å²) in [6.45, 7) is 0. The summed E-state index contributed by atoms with van der Waals surface area (Å²) in [7, 11) is 0. The first kappa shape index (κ1) is 26.6. The summed E-state index contributed by atoms with van der Waals surface area (Å²) in [6, 6.07) is 21.3. The quantitative estimate of drug-likeness (QED) is 0.312. The standard InChI is InChI=1S/C25H21BrN4O3S.ClH/c26-18-10-8-17(9-11-18)25(33)23(30-12-4-7-19(31)14-30)22(16-5-2-1-3-6-16)20(13-27)24(29-25)34-15-21(28)32;/h1-12,14,22-23,29,33H,15H2,(H2-,28,31,32);1H/t22-,23+,25+;/m0./s1. The molecule has 4 rings (SSSR count). The zero-order valence-electron chi connectivity index (χ0n) is 18.3. The minimum absolute atomic E-state index is 0. The molecule has 180 valence electrons. The molecule has 0 fully saturated rings. The number of nitrogens with one attached hydrogen (secondary N) is 1. The van der Waals surface area contributed by atoms with Crippen molar-refractivity contribution in [1.29, 1.82) is 5.26 Å². The van der Waals surface area contributed by atoms with E-state index in [2.05, 4.69) is 27.3 Å². The summed E-state index contributed by atoms with van der Waals surface area (Å²) in [5, 5.41) is 36.3. The van der Waals surface area contributed by atoms with Gasteiger partial charge in [0.1, 0.15) is 0 Å². The van der Waals surface area contributed by atoms with Crippen LogP contribution in [0.15, 0.2) is 94.2 Å². The maximum atomic E-state index is 12.3. The van der Waals surface area contributed by atoms with Gasteiger partial charge < -0.3 is 33.7 Å². The predicted molar refractivity (Wildman–Crippen MR) is 132 cm³/mol. The fourth-order valence-electron chi connectivity index (χ4n) is 4.23. The number of halogens is 2. The van der Waals surface area contributed by atoms with Crippen molar-refractivity contribution in [3.8, 4) is 11.8 Å². The molecule has 2 heterocycles. The monoisotopic (exact) mass is 572 g/mol. The molecule has 0 unspecified atom stereocenters. The number of nitrogens with zero attached hydrogens (tertiary/aromatic N) is 2. The molecule has 1 amide bonds. The first-order valence-electron chi connectivity index (χ1n) is 10.4. The maximum Gasteiger partial charge on any atom is 0.227 e. The van der Waals surface area contributed by atoms with Crippen LogP contribution < -0.4 is 28.0 Å². The van der Waals surface area contributed by atoms with E-state index in [1.165, 1.54) is 12.3 Å². The molecule has 1 aliphatic heterocycles. The number of hydrogen-bond acceptors (Lipinski definition) is 6. The van der Waals surface area contributed by atoms with Gasteiger partial charge in [-0.1, -0.05) is 70.2 Å². The number of primary amides is 1. The Hall–Kier alpha value is -3.03. The van der Waals surface area contributed by atoms with E-state index in [0.717, 1.165) is 21.8 Å². The third-order valence-corrected chi connectivity index (χ3v) is 7.22. The van der Waals surface area contributed by atoms with Gasteiger partial charge in [0, 0.05) is 16.1 Å². The summed E-state index contributed by atoms with van der Waals surface area (Å²) in [6.07, 6.45) is 3.25. The zero-order chi connectivity index (χ0) is 24.3. The van der Waals surface area contributed by atoms with Crippen LogP contribution in [-0.4, -0.2) is 21.9 Å². The fraction of sp³-hybridized carbons (Fsp3) is 0.160. The van der Waals surface area contributed by atoms with E-state index in [4.69, 9.17) is 5.73 Å². The molecule has 0 saturated carbocycles. The Bertz CT molecular complexity index is 1280. The van der Waals surface area contributed by atoms with Crippen molar-refractivity contribution in [3.63, 3.8) is 0 Å². The van der Waals surface area contributed by atoms with Crippen LogP contribution in [0.4, 0.5) is 0 Å². The summed E-state index contributed by atoms with van der Waals surface area (Å²) in [4.78, 5) is 11.5. The molecule has 7 nitrogen and oxygen atoms in total. The second-order valence-corrected chi connectivity index (χ2v) is 9.75. The second kappa shape index (κ2) is 11.1. The average Bonchev–Trinajstić information content (AvgIpc) is 2.83. The predicted octanol–water partition coefficient (Wildman–Crippen LogP) is 0.173. The van der Waals surface area contributed by atoms with Gasteiger partial charge in [0.25, 0.3) is 0 Å². The number of carbonyl (C=O) groups excluding carboxylic acids is 1. The van der Waals surface area contributed by atoms with Gasteiger partial charge in [-0.05, 0) is 23.8 Å². The van der Waals surface area contributed by atoms with Crippen LogP contribution in [0.2, 0.25) is 0 Å². The van der Waals surface area contributed by atoms with Crippen molar-refractivity contribution >= 4 is 33.6 Å². The number of amides is 1. The molecular formula is C25H22BrClN4O3S. The highest BCUT2D eigenvalue weighted by Gasteiger charge is 2.56. The van der Waals surface area contributed by atoms with Gasteiger partial charge in [-0.25, -0.2) is 0 Å². The molecule has 0 spiro atoms. The topological polar surface area (TPSA) is 123 Å². The third-order valence-electron chi connectivity index (χ3n) is 5.65. The number of hydrogen-bond donors (Lipinski definition) is 4. The summed E-state index contributed by atoms with van der Waals surface area (Å²) in [5.41, 5.74) is 5.38. The number of aromatic nitrogens is 1. The van der Waals surface area contributed by atoms with Crippen LogP contribution in [0.1, 0.15) is 23.1 Å². The highest BCUT2D eigenvalue weighted by atomic mass is 79.9. The number of rotatable bonds is 6. The summed E-state index contributed by atoms with van der Waals surface area (Å²) in [5.74, 6) is -1.19. The zero-order valence-corrected chi connectivity index (χ0v) is 21.5. The molecular weight excluding hydrogens is 552 g/mol. The number of thioether (sulfide) groups is 1. The van der Waals surface area contributed by atoms with Crippen LogP contribution in [0.3, 0.4) is 0 Å². The van der Waals surface area contributed by atoms with Gasteiger partial charge in [-0.2, -0.15) is 9.83 Å². The van der Waals surface area contributed by atoms with Gasteiger partial charge in [-0.3, -0.25) is 4.79 Å². The Kier molecular flexibility index (Phi) is 8.46. The molecule has 2 aromatic carbocycles. The number of aliphatic hydroxyl groups is 1. The van der Waals surface area contributed by atoms with Crippen molar-refractivity contribution < 1.29 is 32.0 Å². The summed E-state index contributed by atoms with van der Waals surface area (Å²) < 4.78 is 2.54. The van der Waals surface area contributed by atoms with E-state index >= 15 is 0 Å². The van der Waals surface area contributed by atoms with Crippen molar-refractivity contribution in [1.82, 2.24) is 5.32 Å². The number of carbonyl (C=O) groups is 1. The minimum Gasteiger partial charge on any atom is -1.00 e. The third kappa shape index (κ3) is 5.46. The highest BCUT2D eigenvalue weighted by Crippen LogP contribution is 2.48. The van der Waals surface area contributed by atoms with Gasteiger partial charge >= 0.3 is 0 Å². The van der Waals surface area contributed by atoms with Gasteiger partial charge in [0.15, 0.2) is 11.9 Å². The number of nitrogens with two attached hydrogens (primary N) is 1. The first-order chi connectivity index (χ1) is 16.3. The van der Waals surface area contributed by atoms with Gasteiger partial charge in [-0.15, -0.1) is 0 Å². The number of allylic oxidation sites excluding steroid dienone is 1. The Labute approximate surface area is 221 Å². The number of nitriles is 1. The lowest BCUT2D eigenvalue weighted by Gasteiger charge is -2.42. The fourth-order valence-corrected chi connectivity index (χ4v) is 5.34. The normalized spacial score (nSPS) is 21.4. The Morgan fingerprint density at radius 1 is 1.17 bits per heavy atom. The lowest BCUT2D eigenvalue weighted by atomic mass is 9.75. The molecule has 0 aliphatic carbocycles. The van der Waals surface area contributed by atoms with Crippen molar-refractivity contribution in [3.05, 3.63) is 105 Å². The molecule has 0 bridgehead atoms. The van der Waals surface area contributed by atoms with Gasteiger partial charge in [0.05, 0.1) is 28.3 Å². The molecule has 3 aromatic rings. The Morgan fingerprint density at radius 2 is 1.86 bits per heavy atom. The van der Waals surface area contributed by atoms with Crippen LogP contribution in [-0.2, 0) is 10.5 Å². The van der Waals surface area contributed by atoms with E-state index in [-0.39, 0.29) is 23.9 Å². The van der Waals surface area contributed by atoms with Crippen LogP contribution in [0.5, 0.6) is 5.75 Å². The Balaban J connectivity index is 0.00000342. The summed E-state index contributed by atoms with van der Waals surface area (Å²) >= 11 is 4.51. The molecule has 10 heteroatoms. The van der Waals surface area contributed by atoms with Crippen molar-refractivity contribution in [2.75, 3.05) is 5.75 Å². The van der Waals surface area contributed by atoms with Gasteiger partial charge in [0.2, 0.25) is 23.9 Å². The molecule has 35 heavy (non-hydrogen) atoms. The maximum absolute atomic E-state index is 12.3. The van der Waals surface area contributed by atoms with E-state index in [1.54, 1.807) is 29.0 Å². The SMILES string of the molecule is N#CC1=C(SCC(N)=O)N[C@@](O)(c2ccc(Br)cc2)[C@H]([n+]2cccc(O)c2)[C@H]1c1ccccc1.[Cl-]. The average molecular weight is 574 g/mol. The molecule has 5 N–H and O–H groups in total. The highest BCUT2D eigenvalue weighted by molar-refractivity contribution is 9.10. The van der Waals surface area contributed by atoms with Crippen LogP contribution in [0, 0.1) is 11.3 Å². The lowest BCUT2D eigenvalue weighted by Crippen LogP contribution is -3.00. The van der Waals surface area contributed by atoms with E-state index < -0.39 is 23.6 Å².